The van der Waals surface area contributed by atoms with E-state index >= 15 is 0 Å². The molecule has 0 fully saturated rings. The third kappa shape index (κ3) is 10.2. The third-order valence-corrected chi connectivity index (χ3v) is 16.1. The smallest absolute Gasteiger partial charge is 0.147 e. The standard InChI is InChI=1S/C73H82N2O4/c1-42-30-46(5)68(58(34-42)56-32-44(3)36-64(66(56)76)74-60-38-48(70(7,8)9)20-24-52(60)53-25-21-49(39-61(53)74)71(10,11)12)78-28-19-29-79-69-47(6)31-43(2)35-59(69)57-33-45(4)37-65(67(57)77)75-62-40-50(72(13,14)15)22-26-54(62)55-27-23-51(41-63(55)75)73(16,17)18/h20-27,30-41,76-77H,19,28-29H2,1-18H3. The van der Waals surface area contributed by atoms with Gasteiger partial charge in [-0.05, 0) is 180 Å². The number of aryl methyl sites for hydroxylation is 6. The fraction of sp³-hybridized carbons (Fsp3) is 0.342. The van der Waals surface area contributed by atoms with Crippen molar-refractivity contribution in [2.75, 3.05) is 13.2 Å². The Kier molecular flexibility index (Phi) is 13.7. The van der Waals surface area contributed by atoms with Gasteiger partial charge in [0.05, 0.1) is 46.7 Å². The van der Waals surface area contributed by atoms with Crippen molar-refractivity contribution >= 4 is 43.6 Å². The fourth-order valence-electron chi connectivity index (χ4n) is 11.8. The second-order valence-corrected chi connectivity index (χ2v) is 26.9. The van der Waals surface area contributed by atoms with Crippen molar-refractivity contribution in [1.82, 2.24) is 9.13 Å². The van der Waals surface area contributed by atoms with Crippen LogP contribution in [0.15, 0.2) is 121 Å². The largest absolute Gasteiger partial charge is 0.505 e. The number of nitrogens with zero attached hydrogens (tertiary/aromatic N) is 2. The van der Waals surface area contributed by atoms with Crippen molar-refractivity contribution < 1.29 is 19.7 Å². The molecular weight excluding hydrogens is 969 g/mol. The molecule has 0 aliphatic carbocycles. The lowest BCUT2D eigenvalue weighted by Gasteiger charge is -2.22. The van der Waals surface area contributed by atoms with Gasteiger partial charge in [0.2, 0.25) is 0 Å². The number of phenols is 2. The molecule has 0 radical (unpaired) electrons. The molecule has 0 amide bonds. The molecule has 408 valence electrons. The molecule has 0 saturated heterocycles. The molecule has 6 heteroatoms. The van der Waals surface area contributed by atoms with Gasteiger partial charge in [-0.3, -0.25) is 0 Å². The first kappa shape index (κ1) is 54.9. The van der Waals surface area contributed by atoms with Gasteiger partial charge < -0.3 is 28.8 Å². The van der Waals surface area contributed by atoms with Crippen molar-refractivity contribution in [3.8, 4) is 56.6 Å². The Morgan fingerprint density at radius 3 is 0.886 bits per heavy atom. The van der Waals surface area contributed by atoms with Crippen LogP contribution in [0, 0.1) is 41.5 Å². The first-order valence-electron chi connectivity index (χ1n) is 28.3. The number of hydrogen-bond donors (Lipinski definition) is 2. The molecule has 2 heterocycles. The maximum Gasteiger partial charge on any atom is 0.147 e. The number of aromatic hydroxyl groups is 2. The molecule has 2 aromatic heterocycles. The topological polar surface area (TPSA) is 68.8 Å². The number of rotatable bonds is 10. The number of phenolic OH excluding ortho intramolecular Hbond substituents is 2. The van der Waals surface area contributed by atoms with E-state index in [1.165, 1.54) is 22.3 Å². The predicted octanol–water partition coefficient (Wildman–Crippen LogP) is 19.5. The summed E-state index contributed by atoms with van der Waals surface area (Å²) in [5.41, 5.74) is 19.8. The Balaban J connectivity index is 0.991. The lowest BCUT2D eigenvalue weighted by Crippen LogP contribution is -2.11. The van der Waals surface area contributed by atoms with Crippen LogP contribution in [0.1, 0.15) is 145 Å². The molecule has 0 aliphatic rings. The average molecular weight is 1050 g/mol. The van der Waals surface area contributed by atoms with E-state index in [1.54, 1.807) is 0 Å². The second kappa shape index (κ2) is 19.7. The van der Waals surface area contributed by atoms with E-state index in [2.05, 4.69) is 255 Å². The van der Waals surface area contributed by atoms with E-state index in [1.807, 2.05) is 0 Å². The van der Waals surface area contributed by atoms with Gasteiger partial charge in [0.15, 0.2) is 0 Å². The van der Waals surface area contributed by atoms with Crippen LogP contribution in [0.25, 0.3) is 77.2 Å². The average Bonchev–Trinajstić information content (AvgIpc) is 3.87. The van der Waals surface area contributed by atoms with Crippen LogP contribution in [0.5, 0.6) is 23.0 Å². The minimum Gasteiger partial charge on any atom is -0.505 e. The summed E-state index contributed by atoms with van der Waals surface area (Å²) in [6.07, 6.45) is 0.594. The number of fused-ring (bicyclic) bond motifs is 6. The molecule has 0 atom stereocenters. The highest BCUT2D eigenvalue weighted by molar-refractivity contribution is 6.11. The number of benzene rings is 8. The molecule has 8 aromatic carbocycles. The predicted molar refractivity (Wildman–Crippen MR) is 335 cm³/mol. The first-order valence-corrected chi connectivity index (χ1v) is 28.3. The summed E-state index contributed by atoms with van der Waals surface area (Å²) < 4.78 is 18.2. The molecule has 0 spiro atoms. The van der Waals surface area contributed by atoms with Crippen LogP contribution in [0.4, 0.5) is 0 Å². The summed E-state index contributed by atoms with van der Waals surface area (Å²) in [6.45, 7) is 40.3. The zero-order valence-electron chi connectivity index (χ0n) is 50.3. The Morgan fingerprint density at radius 1 is 0.342 bits per heavy atom. The third-order valence-electron chi connectivity index (χ3n) is 16.1. The van der Waals surface area contributed by atoms with E-state index < -0.39 is 0 Å². The summed E-state index contributed by atoms with van der Waals surface area (Å²) in [5, 5.41) is 30.2. The van der Waals surface area contributed by atoms with Crippen LogP contribution >= 0.6 is 0 Å². The Morgan fingerprint density at radius 2 is 0.608 bits per heavy atom. The lowest BCUT2D eigenvalue weighted by atomic mass is 9.86. The number of hydrogen-bond acceptors (Lipinski definition) is 4. The Bertz CT molecular complexity index is 3650. The van der Waals surface area contributed by atoms with Gasteiger partial charge in [-0.25, -0.2) is 0 Å². The quantitative estimate of drug-likeness (QED) is 0.134. The molecular formula is C73H82N2O4. The van der Waals surface area contributed by atoms with Gasteiger partial charge in [0.25, 0.3) is 0 Å². The van der Waals surface area contributed by atoms with Crippen molar-refractivity contribution in [2.45, 2.75) is 153 Å². The van der Waals surface area contributed by atoms with Gasteiger partial charge in [0.1, 0.15) is 23.0 Å². The van der Waals surface area contributed by atoms with Crippen molar-refractivity contribution in [3.63, 3.8) is 0 Å². The molecule has 10 aromatic rings. The highest BCUT2D eigenvalue weighted by Gasteiger charge is 2.27. The van der Waals surface area contributed by atoms with Crippen molar-refractivity contribution in [3.05, 3.63) is 177 Å². The number of aromatic nitrogens is 2. The summed E-state index contributed by atoms with van der Waals surface area (Å²) in [5.74, 6) is 1.89. The van der Waals surface area contributed by atoms with E-state index in [4.69, 9.17) is 9.47 Å². The molecule has 2 N–H and O–H groups in total. The summed E-state index contributed by atoms with van der Waals surface area (Å²) >= 11 is 0. The summed E-state index contributed by atoms with van der Waals surface area (Å²) in [6, 6.07) is 44.2. The van der Waals surface area contributed by atoms with E-state index in [0.29, 0.717) is 19.6 Å². The number of ether oxygens (including phenoxy) is 2. The van der Waals surface area contributed by atoms with Crippen LogP contribution in [-0.2, 0) is 21.7 Å². The molecule has 10 rings (SSSR count). The zero-order chi connectivity index (χ0) is 57.0. The minimum atomic E-state index is -0.0683. The maximum absolute atomic E-state index is 12.8. The van der Waals surface area contributed by atoms with Gasteiger partial charge >= 0.3 is 0 Å². The molecule has 0 bridgehead atoms. The van der Waals surface area contributed by atoms with Crippen LogP contribution < -0.4 is 9.47 Å². The van der Waals surface area contributed by atoms with Crippen LogP contribution in [-0.4, -0.2) is 32.6 Å². The van der Waals surface area contributed by atoms with Gasteiger partial charge in [-0.2, -0.15) is 0 Å². The first-order chi connectivity index (χ1) is 37.0. The molecule has 79 heavy (non-hydrogen) atoms. The second-order valence-electron chi connectivity index (χ2n) is 26.9. The van der Waals surface area contributed by atoms with E-state index in [-0.39, 0.29) is 33.2 Å². The van der Waals surface area contributed by atoms with Gasteiger partial charge in [-0.15, -0.1) is 0 Å². The van der Waals surface area contributed by atoms with E-state index in [9.17, 15) is 10.2 Å². The Labute approximate surface area is 469 Å². The molecule has 0 unspecified atom stereocenters. The molecule has 0 saturated carbocycles. The summed E-state index contributed by atoms with van der Waals surface area (Å²) in [7, 11) is 0. The molecule has 0 aliphatic heterocycles. The lowest BCUT2D eigenvalue weighted by molar-refractivity contribution is 0.247. The highest BCUT2D eigenvalue weighted by atomic mass is 16.5. The maximum atomic E-state index is 12.8. The molecule has 6 nitrogen and oxygen atoms in total. The monoisotopic (exact) mass is 1050 g/mol. The fourth-order valence-corrected chi connectivity index (χ4v) is 11.8. The normalized spacial score (nSPS) is 12.7. The van der Waals surface area contributed by atoms with E-state index in [0.717, 1.165) is 122 Å². The Hall–Kier alpha value is -7.44. The highest BCUT2D eigenvalue weighted by Crippen LogP contribution is 2.48. The van der Waals surface area contributed by atoms with Gasteiger partial charge in [0, 0.05) is 50.2 Å². The van der Waals surface area contributed by atoms with Crippen LogP contribution in [0.3, 0.4) is 0 Å². The van der Waals surface area contributed by atoms with Gasteiger partial charge in [-0.1, -0.05) is 144 Å². The zero-order valence-corrected chi connectivity index (χ0v) is 50.3. The van der Waals surface area contributed by atoms with Crippen molar-refractivity contribution in [1.29, 1.82) is 0 Å². The summed E-state index contributed by atoms with van der Waals surface area (Å²) in [4.78, 5) is 0. The SMILES string of the molecule is Cc1cc(C)c(OCCCOc2c(C)cc(C)cc2-c2cc(C)cc(-n3c4cc(C(C)(C)C)ccc4c4ccc(C(C)(C)C)cc43)c2O)c(-c2cc(C)cc(-n3c4cc(C(C)(C)C)ccc4c4ccc(C(C)(C)C)cc43)c2O)c1. The minimum absolute atomic E-state index is 0.0683. The van der Waals surface area contributed by atoms with Crippen molar-refractivity contribution in [2.24, 2.45) is 0 Å². The van der Waals surface area contributed by atoms with Crippen LogP contribution in [0.2, 0.25) is 0 Å².